The Morgan fingerprint density at radius 1 is 1.43 bits per heavy atom. The Bertz CT molecular complexity index is 436. The molecule has 14 heavy (non-hydrogen) atoms. The van der Waals surface area contributed by atoms with Gasteiger partial charge in [0.25, 0.3) is 0 Å². The number of halogens is 1. The Kier molecular flexibility index (Phi) is 2.75. The number of hydrogen-bond acceptors (Lipinski definition) is 1. The molecule has 1 heterocycles. The number of ether oxygens (including phenoxy) is 1. The largest absolute Gasteiger partial charge is 0.377 e. The van der Waals surface area contributed by atoms with Gasteiger partial charge in [-0.2, -0.15) is 0 Å². The molecule has 2 rings (SSSR count). The van der Waals surface area contributed by atoms with Crippen LogP contribution < -0.4 is 0 Å². The van der Waals surface area contributed by atoms with Crippen molar-refractivity contribution in [3.05, 3.63) is 35.0 Å². The maximum atomic E-state index is 5.88. The monoisotopic (exact) mass is 209 g/mol. The Labute approximate surface area is 87.8 Å². The van der Waals surface area contributed by atoms with E-state index < -0.39 is 0 Å². The molecule has 1 aromatic carbocycles. The summed E-state index contributed by atoms with van der Waals surface area (Å²) < 4.78 is 5.36. The molecule has 2 nitrogen and oxygen atoms in total. The van der Waals surface area contributed by atoms with Crippen LogP contribution in [0.2, 0.25) is 5.02 Å². The maximum absolute atomic E-state index is 5.88. The molecule has 0 aliphatic carbocycles. The van der Waals surface area contributed by atoms with Crippen LogP contribution in [0.15, 0.2) is 24.4 Å². The molecule has 74 valence electrons. The zero-order valence-corrected chi connectivity index (χ0v) is 8.77. The Morgan fingerprint density at radius 3 is 3.07 bits per heavy atom. The van der Waals surface area contributed by atoms with Crippen molar-refractivity contribution in [2.24, 2.45) is 0 Å². The summed E-state index contributed by atoms with van der Waals surface area (Å²) >= 11 is 5.88. The van der Waals surface area contributed by atoms with E-state index in [9.17, 15) is 0 Å². The van der Waals surface area contributed by atoms with E-state index in [4.69, 9.17) is 16.3 Å². The molecule has 0 radical (unpaired) electrons. The van der Waals surface area contributed by atoms with Crippen LogP contribution in [0.3, 0.4) is 0 Å². The summed E-state index contributed by atoms with van der Waals surface area (Å²) in [6, 6.07) is 5.84. The highest BCUT2D eigenvalue weighted by Crippen LogP contribution is 2.22. The van der Waals surface area contributed by atoms with Crippen LogP contribution in [0.4, 0.5) is 0 Å². The summed E-state index contributed by atoms with van der Waals surface area (Å²) in [6.45, 7) is 3.38. The van der Waals surface area contributed by atoms with Crippen molar-refractivity contribution in [1.29, 1.82) is 0 Å². The standard InChI is InChI=1S/C11H12ClNO/c1-2-14-7-8-6-13-11-5-9(12)3-4-10(8)11/h3-6,13H,2,7H2,1H3. The van der Waals surface area contributed by atoms with Crippen LogP contribution in [0, 0.1) is 0 Å². The molecule has 0 fully saturated rings. The first-order chi connectivity index (χ1) is 6.81. The zero-order chi connectivity index (χ0) is 9.97. The fraction of sp³-hybridized carbons (Fsp3) is 0.273. The summed E-state index contributed by atoms with van der Waals surface area (Å²) in [5.74, 6) is 0. The molecule has 1 aromatic heterocycles. The second-order valence-electron chi connectivity index (χ2n) is 3.14. The molecular weight excluding hydrogens is 198 g/mol. The third-order valence-corrected chi connectivity index (χ3v) is 2.43. The lowest BCUT2D eigenvalue weighted by molar-refractivity contribution is 0.135. The van der Waals surface area contributed by atoms with Gasteiger partial charge in [-0.1, -0.05) is 17.7 Å². The summed E-state index contributed by atoms with van der Waals surface area (Å²) in [7, 11) is 0. The maximum Gasteiger partial charge on any atom is 0.0737 e. The molecular formula is C11H12ClNO. The lowest BCUT2D eigenvalue weighted by Crippen LogP contribution is -1.89. The fourth-order valence-electron chi connectivity index (χ4n) is 1.49. The van der Waals surface area contributed by atoms with Crippen LogP contribution in [-0.2, 0) is 11.3 Å². The van der Waals surface area contributed by atoms with Gasteiger partial charge < -0.3 is 9.72 Å². The Hall–Kier alpha value is -0.990. The van der Waals surface area contributed by atoms with E-state index in [2.05, 4.69) is 4.98 Å². The third-order valence-electron chi connectivity index (χ3n) is 2.19. The Morgan fingerprint density at radius 2 is 2.29 bits per heavy atom. The number of hydrogen-bond donors (Lipinski definition) is 1. The van der Waals surface area contributed by atoms with Gasteiger partial charge in [0, 0.05) is 34.3 Å². The topological polar surface area (TPSA) is 25.0 Å². The first-order valence-corrected chi connectivity index (χ1v) is 5.02. The molecule has 0 bridgehead atoms. The first kappa shape index (κ1) is 9.56. The van der Waals surface area contributed by atoms with Crippen molar-refractivity contribution in [1.82, 2.24) is 4.98 Å². The number of fused-ring (bicyclic) bond motifs is 1. The average Bonchev–Trinajstić information content (AvgIpc) is 2.57. The van der Waals surface area contributed by atoms with Gasteiger partial charge in [-0.15, -0.1) is 0 Å². The smallest absolute Gasteiger partial charge is 0.0737 e. The van der Waals surface area contributed by atoms with Crippen molar-refractivity contribution in [2.75, 3.05) is 6.61 Å². The summed E-state index contributed by atoms with van der Waals surface area (Å²) in [4.78, 5) is 3.17. The number of benzene rings is 1. The number of aromatic nitrogens is 1. The van der Waals surface area contributed by atoms with Gasteiger partial charge in [-0.25, -0.2) is 0 Å². The second-order valence-corrected chi connectivity index (χ2v) is 3.58. The predicted molar refractivity (Wildman–Crippen MR) is 58.6 cm³/mol. The van der Waals surface area contributed by atoms with Gasteiger partial charge >= 0.3 is 0 Å². The number of nitrogens with one attached hydrogen (secondary N) is 1. The van der Waals surface area contributed by atoms with Gasteiger partial charge in [-0.3, -0.25) is 0 Å². The molecule has 0 aliphatic rings. The lowest BCUT2D eigenvalue weighted by Gasteiger charge is -1.99. The van der Waals surface area contributed by atoms with Crippen LogP contribution in [-0.4, -0.2) is 11.6 Å². The van der Waals surface area contributed by atoms with Crippen LogP contribution in [0.25, 0.3) is 10.9 Å². The SMILES string of the molecule is CCOCc1c[nH]c2cc(Cl)ccc12. The molecule has 2 aromatic rings. The average molecular weight is 210 g/mol. The normalized spacial score (nSPS) is 11.0. The van der Waals surface area contributed by atoms with E-state index in [1.807, 2.05) is 31.3 Å². The highest BCUT2D eigenvalue weighted by atomic mass is 35.5. The molecule has 0 spiro atoms. The van der Waals surface area contributed by atoms with E-state index in [-0.39, 0.29) is 0 Å². The highest BCUT2D eigenvalue weighted by molar-refractivity contribution is 6.31. The fourth-order valence-corrected chi connectivity index (χ4v) is 1.66. The molecule has 0 amide bonds. The predicted octanol–water partition coefficient (Wildman–Crippen LogP) is 3.36. The number of H-pyrrole nitrogens is 1. The summed E-state index contributed by atoms with van der Waals surface area (Å²) in [6.07, 6.45) is 1.97. The van der Waals surface area contributed by atoms with Crippen LogP contribution in [0.1, 0.15) is 12.5 Å². The molecule has 0 saturated heterocycles. The van der Waals surface area contributed by atoms with Crippen LogP contribution in [0.5, 0.6) is 0 Å². The highest BCUT2D eigenvalue weighted by Gasteiger charge is 2.03. The van der Waals surface area contributed by atoms with Crippen molar-refractivity contribution < 1.29 is 4.74 Å². The molecule has 0 atom stereocenters. The molecule has 3 heteroatoms. The summed E-state index contributed by atoms with van der Waals surface area (Å²) in [5, 5.41) is 1.94. The summed E-state index contributed by atoms with van der Waals surface area (Å²) in [5.41, 5.74) is 2.24. The van der Waals surface area contributed by atoms with Gasteiger partial charge in [0.2, 0.25) is 0 Å². The Balaban J connectivity index is 2.37. The zero-order valence-electron chi connectivity index (χ0n) is 8.01. The van der Waals surface area contributed by atoms with E-state index in [1.165, 1.54) is 10.9 Å². The van der Waals surface area contributed by atoms with Gasteiger partial charge in [0.1, 0.15) is 0 Å². The molecule has 1 N–H and O–H groups in total. The van der Waals surface area contributed by atoms with Gasteiger partial charge in [-0.05, 0) is 19.1 Å². The number of aromatic amines is 1. The second kappa shape index (κ2) is 4.03. The number of rotatable bonds is 3. The third kappa shape index (κ3) is 1.76. The minimum absolute atomic E-state index is 0.651. The van der Waals surface area contributed by atoms with E-state index in [0.29, 0.717) is 6.61 Å². The minimum Gasteiger partial charge on any atom is -0.377 e. The van der Waals surface area contributed by atoms with Crippen molar-refractivity contribution in [3.8, 4) is 0 Å². The van der Waals surface area contributed by atoms with Gasteiger partial charge in [0.05, 0.1) is 6.61 Å². The first-order valence-electron chi connectivity index (χ1n) is 4.64. The quantitative estimate of drug-likeness (QED) is 0.824. The van der Waals surface area contributed by atoms with E-state index in [1.54, 1.807) is 0 Å². The molecule has 0 saturated carbocycles. The molecule has 0 unspecified atom stereocenters. The lowest BCUT2D eigenvalue weighted by atomic mass is 10.2. The minimum atomic E-state index is 0.651. The van der Waals surface area contributed by atoms with Crippen molar-refractivity contribution in [2.45, 2.75) is 13.5 Å². The van der Waals surface area contributed by atoms with Gasteiger partial charge in [0.15, 0.2) is 0 Å². The van der Waals surface area contributed by atoms with E-state index >= 15 is 0 Å². The van der Waals surface area contributed by atoms with Crippen molar-refractivity contribution >= 4 is 22.5 Å². The van der Waals surface area contributed by atoms with E-state index in [0.717, 1.165) is 17.1 Å². The van der Waals surface area contributed by atoms with Crippen LogP contribution >= 0.6 is 11.6 Å². The van der Waals surface area contributed by atoms with Crippen molar-refractivity contribution in [3.63, 3.8) is 0 Å². The molecule has 0 aliphatic heterocycles.